The number of hydrogen-bond donors (Lipinski definition) is 2. The summed E-state index contributed by atoms with van der Waals surface area (Å²) in [6.07, 6.45) is 3.47. The van der Waals surface area contributed by atoms with Gasteiger partial charge in [-0.2, -0.15) is 5.26 Å². The van der Waals surface area contributed by atoms with Crippen LogP contribution in [0.25, 0.3) is 0 Å². The van der Waals surface area contributed by atoms with Crippen molar-refractivity contribution in [2.24, 2.45) is 0 Å². The van der Waals surface area contributed by atoms with Gasteiger partial charge in [0, 0.05) is 29.9 Å². The Morgan fingerprint density at radius 2 is 1.74 bits per heavy atom. The molecular formula is C26H21FN4O2S. The maximum Gasteiger partial charge on any atom is 0.232 e. The van der Waals surface area contributed by atoms with E-state index in [2.05, 4.69) is 15.8 Å². The first kappa shape index (κ1) is 23.4. The summed E-state index contributed by atoms with van der Waals surface area (Å²) in [7, 11) is 0. The van der Waals surface area contributed by atoms with Crippen LogP contribution in [0, 0.1) is 17.1 Å². The Labute approximate surface area is 199 Å². The van der Waals surface area contributed by atoms with E-state index >= 15 is 0 Å². The first-order chi connectivity index (χ1) is 16.5. The number of nitriles is 1. The summed E-state index contributed by atoms with van der Waals surface area (Å²) in [5.74, 6) is -0.975. The predicted octanol–water partition coefficient (Wildman–Crippen LogP) is 4.68. The molecule has 4 rings (SSSR count). The van der Waals surface area contributed by atoms with Crippen molar-refractivity contribution in [3.63, 3.8) is 0 Å². The molecule has 2 aromatic carbocycles. The predicted molar refractivity (Wildman–Crippen MR) is 127 cm³/mol. The fourth-order valence-corrected chi connectivity index (χ4v) is 4.32. The number of nitrogens with zero attached hydrogens (tertiary/aromatic N) is 3. The third kappa shape index (κ3) is 5.58. The van der Waals surface area contributed by atoms with Crippen molar-refractivity contribution in [2.45, 2.75) is 18.4 Å². The molecule has 2 N–H and O–H groups in total. The van der Waals surface area contributed by atoms with Gasteiger partial charge in [-0.25, -0.2) is 13.3 Å². The third-order valence-corrected chi connectivity index (χ3v) is 5.90. The van der Waals surface area contributed by atoms with Crippen LogP contribution in [0.3, 0.4) is 0 Å². The van der Waals surface area contributed by atoms with E-state index in [9.17, 15) is 13.9 Å². The average molecular weight is 473 g/mol. The molecule has 0 aliphatic heterocycles. The van der Waals surface area contributed by atoms with Gasteiger partial charge in [-0.1, -0.05) is 36.4 Å². The number of hydrogen-bond acceptors (Lipinski definition) is 4. The van der Waals surface area contributed by atoms with Crippen molar-refractivity contribution in [2.75, 3.05) is 0 Å². The second-order valence-electron chi connectivity index (χ2n) is 7.65. The Balaban J connectivity index is 1.91. The topological polar surface area (TPSA) is 98.9 Å². The average Bonchev–Trinajstić information content (AvgIpc) is 2.87. The minimum absolute atomic E-state index is 0.106. The van der Waals surface area contributed by atoms with Crippen molar-refractivity contribution >= 4 is 11.3 Å². The number of halogens is 1. The van der Waals surface area contributed by atoms with Crippen molar-refractivity contribution in [1.29, 1.82) is 5.26 Å². The zero-order valence-corrected chi connectivity index (χ0v) is 18.8. The van der Waals surface area contributed by atoms with Crippen LogP contribution in [0.4, 0.5) is 4.39 Å². The van der Waals surface area contributed by atoms with E-state index in [0.717, 1.165) is 16.7 Å². The largest absolute Gasteiger partial charge is 0.294 e. The summed E-state index contributed by atoms with van der Waals surface area (Å²) in [6, 6.07) is 25.1. The number of benzene rings is 2. The second-order valence-corrected chi connectivity index (χ2v) is 8.44. The number of nitrogens with one attached hydrogen (secondary N) is 1. The van der Waals surface area contributed by atoms with Gasteiger partial charge in [0.25, 0.3) is 0 Å². The molecule has 2 heterocycles. The maximum absolute atomic E-state index is 13.8. The minimum Gasteiger partial charge on any atom is -0.294 e. The highest BCUT2D eigenvalue weighted by atomic mass is 32.2. The molecule has 0 aliphatic rings. The zero-order chi connectivity index (χ0) is 23.9. The summed E-state index contributed by atoms with van der Waals surface area (Å²) < 4.78 is 36.5. The van der Waals surface area contributed by atoms with Crippen LogP contribution >= 0.6 is 0 Å². The van der Waals surface area contributed by atoms with E-state index in [1.54, 1.807) is 36.7 Å². The summed E-state index contributed by atoms with van der Waals surface area (Å²) in [6.45, 7) is 0.106. The van der Waals surface area contributed by atoms with Gasteiger partial charge >= 0.3 is 0 Å². The van der Waals surface area contributed by atoms with E-state index in [1.807, 2.05) is 42.5 Å². The molecule has 0 radical (unpaired) electrons. The lowest BCUT2D eigenvalue weighted by atomic mass is 9.75. The normalized spacial score (nSPS) is 13.6. The fourth-order valence-electron chi connectivity index (χ4n) is 4.05. The van der Waals surface area contributed by atoms with E-state index in [-0.39, 0.29) is 24.2 Å². The van der Waals surface area contributed by atoms with Crippen molar-refractivity contribution < 1.29 is 13.2 Å². The van der Waals surface area contributed by atoms with Crippen LogP contribution in [0.15, 0.2) is 91.3 Å². The first-order valence-corrected chi connectivity index (χ1v) is 11.6. The molecule has 0 aliphatic carbocycles. The Hall–Kier alpha value is -3.77. The van der Waals surface area contributed by atoms with E-state index in [1.165, 1.54) is 12.1 Å². The highest BCUT2D eigenvalue weighted by Crippen LogP contribution is 2.42. The molecule has 0 spiro atoms. The molecule has 4 aromatic rings. The lowest BCUT2D eigenvalue weighted by Gasteiger charge is -2.29. The molecule has 3 unspecified atom stereocenters. The smallest absolute Gasteiger partial charge is 0.232 e. The molecule has 0 saturated carbocycles. The first-order valence-electron chi connectivity index (χ1n) is 10.5. The number of pyridine rings is 2. The number of aromatic nitrogens is 2. The van der Waals surface area contributed by atoms with Crippen molar-refractivity contribution in [3.8, 4) is 6.07 Å². The lowest BCUT2D eigenvalue weighted by Crippen LogP contribution is -2.19. The second kappa shape index (κ2) is 10.9. The number of rotatable bonds is 8. The SMILES string of the molecule is N#Cc1cccc(C(c2cccnc2)C(c2ccc(F)cc2)c2cccc(CNS(=O)O)n2)c1. The molecule has 0 bridgehead atoms. The highest BCUT2D eigenvalue weighted by Gasteiger charge is 2.30. The molecule has 0 fully saturated rings. The molecule has 2 aromatic heterocycles. The van der Waals surface area contributed by atoms with E-state index < -0.39 is 11.3 Å². The van der Waals surface area contributed by atoms with Gasteiger partial charge in [0.05, 0.1) is 23.9 Å². The van der Waals surface area contributed by atoms with Gasteiger partial charge in [-0.3, -0.25) is 14.5 Å². The van der Waals surface area contributed by atoms with Crippen LogP contribution in [-0.2, 0) is 17.8 Å². The van der Waals surface area contributed by atoms with Crippen molar-refractivity contribution in [3.05, 3.63) is 131 Å². The Bertz CT molecular complexity index is 1330. The minimum atomic E-state index is -2.16. The highest BCUT2D eigenvalue weighted by molar-refractivity contribution is 7.77. The van der Waals surface area contributed by atoms with Crippen LogP contribution in [0.1, 0.15) is 45.5 Å². The summed E-state index contributed by atoms with van der Waals surface area (Å²) in [5, 5.41) is 9.49. The maximum atomic E-state index is 13.8. The monoisotopic (exact) mass is 472 g/mol. The Kier molecular flexibility index (Phi) is 7.50. The fraction of sp³-hybridized carbons (Fsp3) is 0.115. The standard InChI is InChI=1S/C26H21FN4O2S/c27-22-11-9-19(10-12-22)26(24-8-2-7-23(31-24)17-30-34(32)33)25(21-6-3-13-29-16-21)20-5-1-4-18(14-20)15-28/h1-14,16,25-26,30H,17H2,(H,32,33). The van der Waals surface area contributed by atoms with Crippen LogP contribution < -0.4 is 4.72 Å². The molecule has 0 amide bonds. The Morgan fingerprint density at radius 3 is 2.44 bits per heavy atom. The van der Waals surface area contributed by atoms with Gasteiger partial charge in [-0.15, -0.1) is 0 Å². The third-order valence-electron chi connectivity index (χ3n) is 5.50. The van der Waals surface area contributed by atoms with Crippen LogP contribution in [0.2, 0.25) is 0 Å². The molecule has 0 saturated heterocycles. The van der Waals surface area contributed by atoms with Crippen LogP contribution in [-0.4, -0.2) is 18.7 Å². The summed E-state index contributed by atoms with van der Waals surface area (Å²) in [5.41, 5.74) is 4.45. The molecule has 6 nitrogen and oxygen atoms in total. The molecule has 8 heteroatoms. The summed E-state index contributed by atoms with van der Waals surface area (Å²) >= 11 is -2.16. The van der Waals surface area contributed by atoms with Gasteiger partial charge in [0.1, 0.15) is 5.82 Å². The lowest BCUT2D eigenvalue weighted by molar-refractivity contribution is 0.547. The quantitative estimate of drug-likeness (QED) is 0.363. The zero-order valence-electron chi connectivity index (χ0n) is 18.0. The molecule has 3 atom stereocenters. The van der Waals surface area contributed by atoms with Crippen LogP contribution in [0.5, 0.6) is 0 Å². The van der Waals surface area contributed by atoms with Crippen molar-refractivity contribution in [1.82, 2.24) is 14.7 Å². The summed E-state index contributed by atoms with van der Waals surface area (Å²) in [4.78, 5) is 9.08. The van der Waals surface area contributed by atoms with Gasteiger partial charge in [0.2, 0.25) is 11.3 Å². The van der Waals surface area contributed by atoms with Gasteiger partial charge < -0.3 is 0 Å². The molecule has 170 valence electrons. The van der Waals surface area contributed by atoms with Gasteiger partial charge in [0.15, 0.2) is 0 Å². The molecular weight excluding hydrogens is 451 g/mol. The van der Waals surface area contributed by atoms with Gasteiger partial charge in [-0.05, 0) is 59.2 Å². The van der Waals surface area contributed by atoms with E-state index in [4.69, 9.17) is 9.54 Å². The molecule has 34 heavy (non-hydrogen) atoms. The Morgan fingerprint density at radius 1 is 0.971 bits per heavy atom. The van der Waals surface area contributed by atoms with E-state index in [0.29, 0.717) is 17.0 Å².